The van der Waals surface area contributed by atoms with Gasteiger partial charge in [0.1, 0.15) is 11.5 Å². The van der Waals surface area contributed by atoms with Gasteiger partial charge in [-0.15, -0.1) is 0 Å². The maximum absolute atomic E-state index is 13.5. The summed E-state index contributed by atoms with van der Waals surface area (Å²) in [4.78, 5) is 10.5. The van der Waals surface area contributed by atoms with Crippen LogP contribution in [0.4, 0.5) is 15.8 Å². The van der Waals surface area contributed by atoms with Crippen molar-refractivity contribution in [2.24, 2.45) is 0 Å². The van der Waals surface area contributed by atoms with E-state index in [9.17, 15) is 19.6 Å². The van der Waals surface area contributed by atoms with Crippen LogP contribution in [0.3, 0.4) is 0 Å². The number of nitro benzene ring substituents is 1. The molecular weight excluding hydrogens is 301 g/mol. The molecule has 0 saturated heterocycles. The summed E-state index contributed by atoms with van der Waals surface area (Å²) in [6.07, 6.45) is -0.984. The standard InChI is InChI=1S/C16H18FN3O3/c1-18-14-7-6-11(8-15(14)20(22)23)9-19-10-16(21)12-4-2-3-5-13(12)17/h2-8,16,18-19,21H,9-10H2,1H3. The van der Waals surface area contributed by atoms with E-state index in [1.165, 1.54) is 18.2 Å². The zero-order chi connectivity index (χ0) is 16.8. The zero-order valence-electron chi connectivity index (χ0n) is 12.6. The van der Waals surface area contributed by atoms with Crippen LogP contribution in [-0.2, 0) is 6.54 Å². The van der Waals surface area contributed by atoms with E-state index < -0.39 is 16.8 Å². The molecule has 6 nitrogen and oxygen atoms in total. The van der Waals surface area contributed by atoms with Crippen molar-refractivity contribution < 1.29 is 14.4 Å². The lowest BCUT2D eigenvalue weighted by Crippen LogP contribution is -2.21. The maximum Gasteiger partial charge on any atom is 0.292 e. The molecule has 0 radical (unpaired) electrons. The molecule has 0 spiro atoms. The summed E-state index contributed by atoms with van der Waals surface area (Å²) >= 11 is 0. The largest absolute Gasteiger partial charge is 0.387 e. The van der Waals surface area contributed by atoms with Gasteiger partial charge in [-0.2, -0.15) is 0 Å². The first kappa shape index (κ1) is 16.9. The first-order valence-corrected chi connectivity index (χ1v) is 7.11. The van der Waals surface area contributed by atoms with Gasteiger partial charge < -0.3 is 15.7 Å². The molecule has 1 atom stereocenters. The maximum atomic E-state index is 13.5. The highest BCUT2D eigenvalue weighted by Gasteiger charge is 2.14. The summed E-state index contributed by atoms with van der Waals surface area (Å²) < 4.78 is 13.5. The smallest absolute Gasteiger partial charge is 0.292 e. The molecule has 0 aliphatic carbocycles. The van der Waals surface area contributed by atoms with Crippen LogP contribution < -0.4 is 10.6 Å². The average molecular weight is 319 g/mol. The van der Waals surface area contributed by atoms with Crippen molar-refractivity contribution in [1.82, 2.24) is 5.32 Å². The second-order valence-electron chi connectivity index (χ2n) is 5.03. The first-order chi connectivity index (χ1) is 11.0. The van der Waals surface area contributed by atoms with E-state index in [4.69, 9.17) is 0 Å². The second kappa shape index (κ2) is 7.66. The third kappa shape index (κ3) is 4.24. The van der Waals surface area contributed by atoms with Crippen molar-refractivity contribution in [3.05, 3.63) is 69.5 Å². The Labute approximate surface area is 133 Å². The highest BCUT2D eigenvalue weighted by atomic mass is 19.1. The Bertz CT molecular complexity index is 694. The van der Waals surface area contributed by atoms with E-state index in [2.05, 4.69) is 10.6 Å². The fourth-order valence-corrected chi connectivity index (χ4v) is 2.26. The van der Waals surface area contributed by atoms with Crippen molar-refractivity contribution in [3.63, 3.8) is 0 Å². The van der Waals surface area contributed by atoms with Crippen LogP contribution in [0.1, 0.15) is 17.2 Å². The average Bonchev–Trinajstić information content (AvgIpc) is 2.55. The number of halogens is 1. The van der Waals surface area contributed by atoms with Gasteiger partial charge in [-0.05, 0) is 17.7 Å². The summed E-state index contributed by atoms with van der Waals surface area (Å²) in [5.41, 5.74) is 1.35. The van der Waals surface area contributed by atoms with Crippen LogP contribution in [0.5, 0.6) is 0 Å². The topological polar surface area (TPSA) is 87.4 Å². The predicted molar refractivity (Wildman–Crippen MR) is 85.7 cm³/mol. The normalized spacial score (nSPS) is 12.0. The molecule has 2 aromatic rings. The van der Waals surface area contributed by atoms with Crippen LogP contribution in [0.15, 0.2) is 42.5 Å². The monoisotopic (exact) mass is 319 g/mol. The van der Waals surface area contributed by atoms with Crippen molar-refractivity contribution in [1.29, 1.82) is 0 Å². The fraction of sp³-hybridized carbons (Fsp3) is 0.250. The summed E-state index contributed by atoms with van der Waals surface area (Å²) in [5, 5.41) is 26.7. The molecule has 2 rings (SSSR count). The Hall–Kier alpha value is -2.51. The third-order valence-electron chi connectivity index (χ3n) is 3.46. The molecule has 0 aliphatic rings. The third-order valence-corrected chi connectivity index (χ3v) is 3.46. The summed E-state index contributed by atoms with van der Waals surface area (Å²) in [6.45, 7) is 0.471. The van der Waals surface area contributed by atoms with Crippen molar-refractivity contribution >= 4 is 11.4 Å². The summed E-state index contributed by atoms with van der Waals surface area (Å²) in [7, 11) is 1.62. The molecule has 0 aliphatic heterocycles. The zero-order valence-corrected chi connectivity index (χ0v) is 12.6. The number of benzene rings is 2. The van der Waals surface area contributed by atoms with E-state index in [1.807, 2.05) is 0 Å². The van der Waals surface area contributed by atoms with E-state index in [0.717, 1.165) is 0 Å². The number of nitrogens with one attached hydrogen (secondary N) is 2. The van der Waals surface area contributed by atoms with Gasteiger partial charge in [0.2, 0.25) is 0 Å². The second-order valence-corrected chi connectivity index (χ2v) is 5.03. The lowest BCUT2D eigenvalue weighted by Gasteiger charge is -2.13. The number of aliphatic hydroxyl groups is 1. The van der Waals surface area contributed by atoms with Gasteiger partial charge in [0.25, 0.3) is 5.69 Å². The highest BCUT2D eigenvalue weighted by molar-refractivity contribution is 5.62. The first-order valence-electron chi connectivity index (χ1n) is 7.11. The van der Waals surface area contributed by atoms with Crippen LogP contribution >= 0.6 is 0 Å². The minimum absolute atomic E-state index is 0.0125. The number of nitro groups is 1. The van der Waals surface area contributed by atoms with E-state index in [-0.39, 0.29) is 17.8 Å². The molecule has 122 valence electrons. The molecule has 3 N–H and O–H groups in total. The number of aliphatic hydroxyl groups excluding tert-OH is 1. The van der Waals surface area contributed by atoms with Gasteiger partial charge in [-0.3, -0.25) is 10.1 Å². The number of rotatable bonds is 7. The molecule has 0 saturated carbocycles. The molecule has 0 heterocycles. The Kier molecular flexibility index (Phi) is 5.61. The number of hydrogen-bond acceptors (Lipinski definition) is 5. The molecule has 2 aromatic carbocycles. The lowest BCUT2D eigenvalue weighted by molar-refractivity contribution is -0.384. The van der Waals surface area contributed by atoms with E-state index in [0.29, 0.717) is 17.8 Å². The van der Waals surface area contributed by atoms with Crippen LogP contribution in [-0.4, -0.2) is 23.6 Å². The quantitative estimate of drug-likeness (QED) is 0.539. The van der Waals surface area contributed by atoms with Gasteiger partial charge in [0.05, 0.1) is 11.0 Å². The van der Waals surface area contributed by atoms with E-state index >= 15 is 0 Å². The van der Waals surface area contributed by atoms with Crippen molar-refractivity contribution in [2.75, 3.05) is 18.9 Å². The van der Waals surface area contributed by atoms with Crippen LogP contribution in [0.25, 0.3) is 0 Å². The number of hydrogen-bond donors (Lipinski definition) is 3. The van der Waals surface area contributed by atoms with Gasteiger partial charge in [-0.1, -0.05) is 24.3 Å². The SMILES string of the molecule is CNc1ccc(CNCC(O)c2ccccc2F)cc1[N+](=O)[O-]. The van der Waals surface area contributed by atoms with Crippen LogP contribution in [0, 0.1) is 15.9 Å². The Balaban J connectivity index is 1.98. The number of nitrogens with zero attached hydrogens (tertiary/aromatic N) is 1. The molecule has 0 amide bonds. The Morgan fingerprint density at radius 3 is 2.70 bits per heavy atom. The van der Waals surface area contributed by atoms with Crippen molar-refractivity contribution in [2.45, 2.75) is 12.6 Å². The Morgan fingerprint density at radius 2 is 2.04 bits per heavy atom. The number of anilines is 1. The summed E-state index contributed by atoms with van der Waals surface area (Å²) in [5.74, 6) is -0.462. The van der Waals surface area contributed by atoms with Gasteiger partial charge in [-0.25, -0.2) is 4.39 Å². The van der Waals surface area contributed by atoms with Gasteiger partial charge in [0.15, 0.2) is 0 Å². The molecule has 7 heteroatoms. The minimum atomic E-state index is -0.984. The van der Waals surface area contributed by atoms with Gasteiger partial charge in [0, 0.05) is 31.8 Å². The lowest BCUT2D eigenvalue weighted by atomic mass is 10.1. The van der Waals surface area contributed by atoms with Crippen molar-refractivity contribution in [3.8, 4) is 0 Å². The molecule has 0 fully saturated rings. The molecule has 23 heavy (non-hydrogen) atoms. The molecule has 1 unspecified atom stereocenters. The van der Waals surface area contributed by atoms with Crippen LogP contribution in [0.2, 0.25) is 0 Å². The molecular formula is C16H18FN3O3. The predicted octanol–water partition coefficient (Wildman–Crippen LogP) is 2.60. The Morgan fingerprint density at radius 1 is 1.30 bits per heavy atom. The molecule has 0 aromatic heterocycles. The van der Waals surface area contributed by atoms with E-state index in [1.54, 1.807) is 31.3 Å². The minimum Gasteiger partial charge on any atom is -0.387 e. The highest BCUT2D eigenvalue weighted by Crippen LogP contribution is 2.25. The van der Waals surface area contributed by atoms with Gasteiger partial charge >= 0.3 is 0 Å². The molecule has 0 bridgehead atoms. The summed E-state index contributed by atoms with van der Waals surface area (Å²) in [6, 6.07) is 10.9. The fourth-order valence-electron chi connectivity index (χ4n) is 2.26.